The zero-order chi connectivity index (χ0) is 13.5. The van der Waals surface area contributed by atoms with Crippen LogP contribution in [0.15, 0.2) is 24.3 Å². The van der Waals surface area contributed by atoms with Gasteiger partial charge in [0.05, 0.1) is 12.5 Å². The first kappa shape index (κ1) is 14.6. The molecule has 0 aliphatic carbocycles. The van der Waals surface area contributed by atoms with Gasteiger partial charge < -0.3 is 10.0 Å². The van der Waals surface area contributed by atoms with E-state index in [4.69, 9.17) is 5.11 Å². The van der Waals surface area contributed by atoms with E-state index < -0.39 is 0 Å². The predicted octanol–water partition coefficient (Wildman–Crippen LogP) is 1.85. The Morgan fingerprint density at radius 2 is 2.22 bits per heavy atom. The smallest absolute Gasteiger partial charge is 0.227 e. The molecule has 0 spiro atoms. The highest BCUT2D eigenvalue weighted by Gasteiger charge is 2.18. The van der Waals surface area contributed by atoms with Crippen LogP contribution in [0.1, 0.15) is 18.9 Å². The summed E-state index contributed by atoms with van der Waals surface area (Å²) in [6.07, 6.45) is 1.24. The maximum absolute atomic E-state index is 13.0. The average molecular weight is 253 g/mol. The third kappa shape index (κ3) is 4.11. The molecule has 1 N–H and O–H groups in total. The van der Waals surface area contributed by atoms with E-state index in [0.717, 1.165) is 5.56 Å². The maximum Gasteiger partial charge on any atom is 0.227 e. The lowest BCUT2D eigenvalue weighted by Gasteiger charge is -2.21. The number of likely N-dealkylation sites (N-methyl/N-ethyl adjacent to an activating group) is 1. The van der Waals surface area contributed by atoms with E-state index in [9.17, 15) is 9.18 Å². The Bertz CT molecular complexity index is 391. The molecule has 0 fully saturated rings. The molecule has 4 heteroatoms. The molecule has 0 saturated carbocycles. The van der Waals surface area contributed by atoms with Gasteiger partial charge in [-0.25, -0.2) is 4.39 Å². The van der Waals surface area contributed by atoms with Gasteiger partial charge in [0, 0.05) is 13.6 Å². The van der Waals surface area contributed by atoms with E-state index in [1.807, 2.05) is 13.0 Å². The highest BCUT2D eigenvalue weighted by molar-refractivity contribution is 5.78. The van der Waals surface area contributed by atoms with Crippen molar-refractivity contribution in [1.82, 2.24) is 4.90 Å². The van der Waals surface area contributed by atoms with Crippen LogP contribution in [0.3, 0.4) is 0 Å². The molecule has 0 aliphatic rings. The number of hydrogen-bond acceptors (Lipinski definition) is 2. The minimum atomic E-state index is -0.331. The van der Waals surface area contributed by atoms with E-state index in [-0.39, 0.29) is 24.2 Å². The van der Waals surface area contributed by atoms with Gasteiger partial charge in [0.2, 0.25) is 5.91 Å². The lowest BCUT2D eigenvalue weighted by Crippen LogP contribution is -2.35. The molecule has 1 aromatic rings. The van der Waals surface area contributed by atoms with E-state index in [1.54, 1.807) is 18.0 Å². The normalized spacial score (nSPS) is 12.2. The number of benzene rings is 1. The van der Waals surface area contributed by atoms with Gasteiger partial charge in [-0.2, -0.15) is 0 Å². The average Bonchev–Trinajstić information content (AvgIpc) is 2.37. The molecule has 0 heterocycles. The fourth-order valence-electron chi connectivity index (χ4n) is 1.79. The first-order chi connectivity index (χ1) is 8.58. The standard InChI is InChI=1S/C14H20FNO2/c1-3-12(10-17)14(18)16(2)8-7-11-5-4-6-13(15)9-11/h4-6,9,12,17H,3,7-8,10H2,1-2H3. The van der Waals surface area contributed by atoms with Crippen LogP contribution in [0.25, 0.3) is 0 Å². The second-order valence-corrected chi connectivity index (χ2v) is 4.43. The summed E-state index contributed by atoms with van der Waals surface area (Å²) in [5.41, 5.74) is 0.867. The molecule has 100 valence electrons. The van der Waals surface area contributed by atoms with Crippen LogP contribution in [-0.4, -0.2) is 36.1 Å². The second kappa shape index (κ2) is 7.11. The second-order valence-electron chi connectivity index (χ2n) is 4.43. The van der Waals surface area contributed by atoms with Crippen molar-refractivity contribution in [2.45, 2.75) is 19.8 Å². The van der Waals surface area contributed by atoms with Crippen LogP contribution in [-0.2, 0) is 11.2 Å². The Hall–Kier alpha value is -1.42. The van der Waals surface area contributed by atoms with Crippen LogP contribution < -0.4 is 0 Å². The summed E-state index contributed by atoms with van der Waals surface area (Å²) in [5.74, 6) is -0.651. The van der Waals surface area contributed by atoms with Crippen molar-refractivity contribution in [3.05, 3.63) is 35.6 Å². The fraction of sp³-hybridized carbons (Fsp3) is 0.500. The molecule has 0 aromatic heterocycles. The highest BCUT2D eigenvalue weighted by Crippen LogP contribution is 2.08. The molecule has 1 aromatic carbocycles. The zero-order valence-corrected chi connectivity index (χ0v) is 10.9. The summed E-state index contributed by atoms with van der Waals surface area (Å²) in [6.45, 7) is 2.28. The predicted molar refractivity (Wildman–Crippen MR) is 68.6 cm³/mol. The van der Waals surface area contributed by atoms with Gasteiger partial charge in [-0.3, -0.25) is 4.79 Å². The quantitative estimate of drug-likeness (QED) is 0.840. The van der Waals surface area contributed by atoms with E-state index >= 15 is 0 Å². The number of hydrogen-bond donors (Lipinski definition) is 1. The number of amides is 1. The Morgan fingerprint density at radius 3 is 2.78 bits per heavy atom. The fourth-order valence-corrected chi connectivity index (χ4v) is 1.79. The monoisotopic (exact) mass is 253 g/mol. The largest absolute Gasteiger partial charge is 0.396 e. The van der Waals surface area contributed by atoms with Crippen molar-refractivity contribution in [2.24, 2.45) is 5.92 Å². The summed E-state index contributed by atoms with van der Waals surface area (Å²) in [7, 11) is 1.71. The molecule has 1 amide bonds. The van der Waals surface area contributed by atoms with Crippen LogP contribution in [0.2, 0.25) is 0 Å². The number of rotatable bonds is 6. The summed E-state index contributed by atoms with van der Waals surface area (Å²) in [5, 5.41) is 9.07. The van der Waals surface area contributed by atoms with E-state index in [2.05, 4.69) is 0 Å². The first-order valence-corrected chi connectivity index (χ1v) is 6.18. The number of halogens is 1. The summed E-state index contributed by atoms with van der Waals surface area (Å²) < 4.78 is 13.0. The summed E-state index contributed by atoms with van der Waals surface area (Å²) in [4.78, 5) is 13.5. The first-order valence-electron chi connectivity index (χ1n) is 6.18. The van der Waals surface area contributed by atoms with Gasteiger partial charge in [0.15, 0.2) is 0 Å². The molecule has 1 rings (SSSR count). The Labute approximate surface area is 107 Å². The molecule has 0 aliphatic heterocycles. The van der Waals surface area contributed by atoms with Crippen molar-refractivity contribution in [1.29, 1.82) is 0 Å². The van der Waals surface area contributed by atoms with Gasteiger partial charge in [0.1, 0.15) is 5.82 Å². The molecular weight excluding hydrogens is 233 g/mol. The van der Waals surface area contributed by atoms with Crippen LogP contribution >= 0.6 is 0 Å². The lowest BCUT2D eigenvalue weighted by molar-refractivity contribution is -0.135. The van der Waals surface area contributed by atoms with Crippen LogP contribution in [0, 0.1) is 11.7 Å². The topological polar surface area (TPSA) is 40.5 Å². The molecule has 1 atom stereocenters. The summed E-state index contributed by atoms with van der Waals surface area (Å²) in [6, 6.07) is 6.37. The highest BCUT2D eigenvalue weighted by atomic mass is 19.1. The SMILES string of the molecule is CCC(CO)C(=O)N(C)CCc1cccc(F)c1. The number of aliphatic hydroxyl groups excluding tert-OH is 1. The lowest BCUT2D eigenvalue weighted by atomic mass is 10.1. The zero-order valence-electron chi connectivity index (χ0n) is 10.9. The van der Waals surface area contributed by atoms with E-state index in [1.165, 1.54) is 12.1 Å². The van der Waals surface area contributed by atoms with Crippen LogP contribution in [0.5, 0.6) is 0 Å². The summed E-state index contributed by atoms with van der Waals surface area (Å²) >= 11 is 0. The van der Waals surface area contributed by atoms with Crippen molar-refractivity contribution in [3.63, 3.8) is 0 Å². The molecule has 0 saturated heterocycles. The third-order valence-corrected chi connectivity index (χ3v) is 3.06. The maximum atomic E-state index is 13.0. The third-order valence-electron chi connectivity index (χ3n) is 3.06. The van der Waals surface area contributed by atoms with Crippen molar-refractivity contribution in [3.8, 4) is 0 Å². The number of carbonyl (C=O) groups is 1. The minimum Gasteiger partial charge on any atom is -0.396 e. The molecule has 1 unspecified atom stereocenters. The van der Waals surface area contributed by atoms with Crippen molar-refractivity contribution in [2.75, 3.05) is 20.2 Å². The molecule has 0 radical (unpaired) electrons. The molecule has 0 bridgehead atoms. The molecular formula is C14H20FNO2. The Morgan fingerprint density at radius 1 is 1.50 bits per heavy atom. The number of carbonyl (C=O) groups excluding carboxylic acids is 1. The van der Waals surface area contributed by atoms with Gasteiger partial charge in [-0.1, -0.05) is 19.1 Å². The van der Waals surface area contributed by atoms with Crippen molar-refractivity contribution >= 4 is 5.91 Å². The minimum absolute atomic E-state index is 0.0589. The Balaban J connectivity index is 2.50. The van der Waals surface area contributed by atoms with E-state index in [0.29, 0.717) is 19.4 Å². The Kier molecular flexibility index (Phi) is 5.78. The molecule has 18 heavy (non-hydrogen) atoms. The molecule has 3 nitrogen and oxygen atoms in total. The van der Waals surface area contributed by atoms with Gasteiger partial charge in [-0.05, 0) is 30.5 Å². The number of aliphatic hydroxyl groups is 1. The van der Waals surface area contributed by atoms with Gasteiger partial charge in [0.25, 0.3) is 0 Å². The van der Waals surface area contributed by atoms with Gasteiger partial charge >= 0.3 is 0 Å². The van der Waals surface area contributed by atoms with Gasteiger partial charge in [-0.15, -0.1) is 0 Å². The van der Waals surface area contributed by atoms with Crippen LogP contribution in [0.4, 0.5) is 4.39 Å². The number of nitrogens with zero attached hydrogens (tertiary/aromatic N) is 1. The van der Waals surface area contributed by atoms with Crippen molar-refractivity contribution < 1.29 is 14.3 Å².